The van der Waals surface area contributed by atoms with Crippen molar-refractivity contribution in [2.45, 2.75) is 30.7 Å². The first-order valence-electron chi connectivity index (χ1n) is 4.79. The lowest BCUT2D eigenvalue weighted by molar-refractivity contribution is -0.129. The lowest BCUT2D eigenvalue weighted by Crippen LogP contribution is -2.23. The molecule has 0 aliphatic carbocycles. The Bertz CT molecular complexity index is 282. The molecule has 0 bridgehead atoms. The van der Waals surface area contributed by atoms with Gasteiger partial charge in [-0.05, 0) is 24.8 Å². The number of thiol groups is 1. The Morgan fingerprint density at radius 2 is 1.73 bits per heavy atom. The van der Waals surface area contributed by atoms with Crippen molar-refractivity contribution in [3.63, 3.8) is 0 Å². The molecular weight excluding hydrogens is 221 g/mol. The van der Waals surface area contributed by atoms with Crippen LogP contribution >= 0.6 is 12.6 Å². The minimum absolute atomic E-state index is 0.0709. The van der Waals surface area contributed by atoms with Crippen molar-refractivity contribution in [1.82, 2.24) is 0 Å². The second-order valence-corrected chi connectivity index (χ2v) is 4.06. The Labute approximate surface area is 92.9 Å². The smallest absolute Gasteiger partial charge is 0.170 e. The van der Waals surface area contributed by atoms with E-state index in [9.17, 15) is 13.2 Å². The number of hydrogen-bond donors (Lipinski definition) is 1. The van der Waals surface area contributed by atoms with E-state index in [-0.39, 0.29) is 6.42 Å². The molecule has 0 aromatic heterocycles. The molecule has 0 aliphatic rings. The van der Waals surface area contributed by atoms with Crippen LogP contribution in [-0.2, 0) is 6.42 Å². The fourth-order valence-corrected chi connectivity index (χ4v) is 1.49. The van der Waals surface area contributed by atoms with Gasteiger partial charge in [0.2, 0.25) is 0 Å². The standard InChI is InChI=1S/C11H13F3S/c12-11(13,14)10(15)8-4-7-9-5-2-1-3-6-9/h1-3,5-6,10,15H,4,7-8H2. The molecule has 1 unspecified atom stereocenters. The predicted octanol–water partition coefficient (Wildman–Crippen LogP) is 3.87. The molecule has 0 amide bonds. The van der Waals surface area contributed by atoms with E-state index in [0.717, 1.165) is 5.56 Å². The fraction of sp³-hybridized carbons (Fsp3) is 0.455. The first-order chi connectivity index (χ1) is 7.00. The highest BCUT2D eigenvalue weighted by atomic mass is 32.1. The Hall–Kier alpha value is -0.640. The van der Waals surface area contributed by atoms with Crippen molar-refractivity contribution in [2.24, 2.45) is 0 Å². The first kappa shape index (κ1) is 12.4. The van der Waals surface area contributed by atoms with Gasteiger partial charge in [0.25, 0.3) is 0 Å². The topological polar surface area (TPSA) is 0 Å². The normalized spacial score (nSPS) is 13.9. The van der Waals surface area contributed by atoms with Crippen molar-refractivity contribution >= 4 is 12.6 Å². The molecule has 84 valence electrons. The van der Waals surface area contributed by atoms with Crippen LogP contribution in [0.4, 0.5) is 13.2 Å². The molecule has 1 atom stereocenters. The minimum atomic E-state index is -4.18. The minimum Gasteiger partial charge on any atom is -0.170 e. The molecule has 1 rings (SSSR count). The largest absolute Gasteiger partial charge is 0.400 e. The number of halogens is 3. The van der Waals surface area contributed by atoms with Gasteiger partial charge in [-0.1, -0.05) is 30.3 Å². The van der Waals surface area contributed by atoms with Crippen molar-refractivity contribution in [3.8, 4) is 0 Å². The molecule has 0 saturated carbocycles. The number of alkyl halides is 3. The van der Waals surface area contributed by atoms with Crippen molar-refractivity contribution in [2.75, 3.05) is 0 Å². The van der Waals surface area contributed by atoms with Crippen LogP contribution in [0.15, 0.2) is 30.3 Å². The quantitative estimate of drug-likeness (QED) is 0.751. The summed E-state index contributed by atoms with van der Waals surface area (Å²) < 4.78 is 36.3. The van der Waals surface area contributed by atoms with Crippen molar-refractivity contribution < 1.29 is 13.2 Å². The van der Waals surface area contributed by atoms with Gasteiger partial charge >= 0.3 is 6.18 Å². The van der Waals surface area contributed by atoms with Gasteiger partial charge in [0.15, 0.2) is 0 Å². The Kier molecular flexibility index (Phi) is 4.51. The molecule has 0 radical (unpaired) electrons. The summed E-state index contributed by atoms with van der Waals surface area (Å²) in [4.78, 5) is 0. The third kappa shape index (κ3) is 4.60. The maximum absolute atomic E-state index is 12.1. The van der Waals surface area contributed by atoms with Crippen molar-refractivity contribution in [3.05, 3.63) is 35.9 Å². The summed E-state index contributed by atoms with van der Waals surface area (Å²) in [6, 6.07) is 9.50. The van der Waals surface area contributed by atoms with Gasteiger partial charge in [0.1, 0.15) is 0 Å². The molecule has 0 spiro atoms. The summed E-state index contributed by atoms with van der Waals surface area (Å²) in [7, 11) is 0. The molecule has 1 aromatic rings. The van der Waals surface area contributed by atoms with Crippen molar-refractivity contribution in [1.29, 1.82) is 0 Å². The molecule has 0 aliphatic heterocycles. The van der Waals surface area contributed by atoms with Crippen LogP contribution in [0.3, 0.4) is 0 Å². The predicted molar refractivity (Wildman–Crippen MR) is 58.2 cm³/mol. The zero-order valence-corrected chi connectivity index (χ0v) is 9.06. The van der Waals surface area contributed by atoms with E-state index in [4.69, 9.17) is 0 Å². The molecule has 4 heteroatoms. The van der Waals surface area contributed by atoms with E-state index in [1.165, 1.54) is 0 Å². The molecule has 0 N–H and O–H groups in total. The summed E-state index contributed by atoms with van der Waals surface area (Å²) in [6.45, 7) is 0. The Morgan fingerprint density at radius 3 is 2.27 bits per heavy atom. The second kappa shape index (κ2) is 5.45. The zero-order valence-electron chi connectivity index (χ0n) is 8.17. The van der Waals surface area contributed by atoms with E-state index in [1.807, 2.05) is 30.3 Å². The van der Waals surface area contributed by atoms with Gasteiger partial charge in [-0.3, -0.25) is 0 Å². The maximum atomic E-state index is 12.1. The number of benzene rings is 1. The van der Waals surface area contributed by atoms with Crippen LogP contribution in [0, 0.1) is 0 Å². The highest BCUT2D eigenvalue weighted by Crippen LogP contribution is 2.28. The monoisotopic (exact) mass is 234 g/mol. The zero-order chi connectivity index (χ0) is 11.3. The van der Waals surface area contributed by atoms with Gasteiger partial charge in [-0.15, -0.1) is 0 Å². The number of aryl methyl sites for hydroxylation is 1. The van der Waals surface area contributed by atoms with Gasteiger partial charge in [-0.25, -0.2) is 0 Å². The fourth-order valence-electron chi connectivity index (χ4n) is 1.31. The first-order valence-corrected chi connectivity index (χ1v) is 5.30. The molecule has 0 nitrogen and oxygen atoms in total. The highest BCUT2D eigenvalue weighted by Gasteiger charge is 2.36. The summed E-state index contributed by atoms with van der Waals surface area (Å²) in [5.74, 6) is 0. The van der Waals surface area contributed by atoms with Gasteiger partial charge in [0, 0.05) is 0 Å². The third-order valence-electron chi connectivity index (χ3n) is 2.16. The average Bonchev–Trinajstić information content (AvgIpc) is 2.18. The molecule has 15 heavy (non-hydrogen) atoms. The SMILES string of the molecule is FC(F)(F)C(S)CCCc1ccccc1. The third-order valence-corrected chi connectivity index (χ3v) is 2.71. The summed E-state index contributed by atoms with van der Waals surface area (Å²) in [5.41, 5.74) is 1.07. The van der Waals surface area contributed by atoms with Gasteiger partial charge in [0.05, 0.1) is 5.25 Å². The molecule has 0 heterocycles. The molecule has 0 saturated heterocycles. The van der Waals surface area contributed by atoms with Crippen LogP contribution < -0.4 is 0 Å². The number of hydrogen-bond acceptors (Lipinski definition) is 1. The maximum Gasteiger partial charge on any atom is 0.400 e. The van der Waals surface area contributed by atoms with Crippen LogP contribution in [0.25, 0.3) is 0 Å². The Morgan fingerprint density at radius 1 is 1.13 bits per heavy atom. The lowest BCUT2D eigenvalue weighted by atomic mass is 10.1. The summed E-state index contributed by atoms with van der Waals surface area (Å²) in [6.07, 6.45) is -2.92. The second-order valence-electron chi connectivity index (χ2n) is 3.44. The average molecular weight is 234 g/mol. The van der Waals surface area contributed by atoms with Crippen LogP contribution in [0.5, 0.6) is 0 Å². The van der Waals surface area contributed by atoms with E-state index < -0.39 is 11.4 Å². The van der Waals surface area contributed by atoms with Gasteiger partial charge < -0.3 is 0 Å². The van der Waals surface area contributed by atoms with E-state index >= 15 is 0 Å². The molecular formula is C11H13F3S. The Balaban J connectivity index is 2.28. The van der Waals surface area contributed by atoms with E-state index in [0.29, 0.717) is 12.8 Å². The highest BCUT2D eigenvalue weighted by molar-refractivity contribution is 7.81. The van der Waals surface area contributed by atoms with Crippen LogP contribution in [0.1, 0.15) is 18.4 Å². The van der Waals surface area contributed by atoms with E-state index in [2.05, 4.69) is 12.6 Å². The molecule has 0 fully saturated rings. The van der Waals surface area contributed by atoms with Crippen LogP contribution in [0.2, 0.25) is 0 Å². The number of rotatable bonds is 4. The van der Waals surface area contributed by atoms with Crippen LogP contribution in [-0.4, -0.2) is 11.4 Å². The summed E-state index contributed by atoms with van der Waals surface area (Å²) in [5, 5.41) is -1.50. The van der Waals surface area contributed by atoms with Gasteiger partial charge in [-0.2, -0.15) is 25.8 Å². The summed E-state index contributed by atoms with van der Waals surface area (Å²) >= 11 is 3.53. The van der Waals surface area contributed by atoms with E-state index in [1.54, 1.807) is 0 Å². The molecule has 1 aromatic carbocycles. The lowest BCUT2D eigenvalue weighted by Gasteiger charge is -2.14.